The minimum absolute atomic E-state index is 1.10. The summed E-state index contributed by atoms with van der Waals surface area (Å²) in [5.74, 6) is 0. The largest absolute Gasteiger partial charge is 0.326 e. The van der Waals surface area contributed by atoms with Crippen LogP contribution in [0.3, 0.4) is 0 Å². The first-order valence-corrected chi connectivity index (χ1v) is 4.33. The van der Waals surface area contributed by atoms with Crippen molar-refractivity contribution in [3.8, 4) is 0 Å². The van der Waals surface area contributed by atoms with Crippen molar-refractivity contribution in [1.82, 2.24) is 0 Å². The van der Waals surface area contributed by atoms with Crippen molar-refractivity contribution >= 4 is 19.0 Å². The molecule has 0 fully saturated rings. The molecule has 0 heterocycles. The van der Waals surface area contributed by atoms with Crippen molar-refractivity contribution in [2.24, 2.45) is 0 Å². The zero-order valence-electron chi connectivity index (χ0n) is 3.64. The lowest BCUT2D eigenvalue weighted by Crippen LogP contribution is -1.58. The maximum absolute atomic E-state index is 11.7. The van der Waals surface area contributed by atoms with Crippen LogP contribution < -0.4 is 0 Å². The third kappa shape index (κ3) is 2.88. The maximum atomic E-state index is 11.7. The normalized spacial score (nSPS) is 14.5. The Kier molecular flexibility index (Phi) is 4.28. The summed E-state index contributed by atoms with van der Waals surface area (Å²) < 4.78 is 15.9. The predicted molar refractivity (Wildman–Crippen MR) is 28.6 cm³/mol. The standard InChI is InChI=1S/C2H6FOPS/c1-4-5(3)6-2/h1-2H3. The molecule has 1 nitrogen and oxygen atoms in total. The topological polar surface area (TPSA) is 9.23 Å². The van der Waals surface area contributed by atoms with E-state index in [9.17, 15) is 4.20 Å². The van der Waals surface area contributed by atoms with Crippen molar-refractivity contribution in [1.29, 1.82) is 0 Å². The smallest absolute Gasteiger partial charge is 0.283 e. The molecular formula is C2H6FOPS. The molecule has 0 radical (unpaired) electrons. The molecule has 1 unspecified atom stereocenters. The molecule has 0 spiro atoms. The highest BCUT2D eigenvalue weighted by Crippen LogP contribution is 2.49. The summed E-state index contributed by atoms with van der Waals surface area (Å²) >= 11 is 1.10. The zero-order chi connectivity index (χ0) is 4.99. The zero-order valence-corrected chi connectivity index (χ0v) is 5.35. The lowest BCUT2D eigenvalue weighted by Gasteiger charge is -1.94. The van der Waals surface area contributed by atoms with Crippen LogP contribution in [0.5, 0.6) is 0 Å². The van der Waals surface area contributed by atoms with E-state index in [0.717, 1.165) is 11.4 Å². The van der Waals surface area contributed by atoms with Crippen LogP contribution in [0.25, 0.3) is 0 Å². The second-order valence-electron chi connectivity index (χ2n) is 0.578. The first kappa shape index (κ1) is 6.67. The molecule has 0 bridgehead atoms. The van der Waals surface area contributed by atoms with Crippen molar-refractivity contribution in [2.45, 2.75) is 0 Å². The van der Waals surface area contributed by atoms with Gasteiger partial charge in [0.2, 0.25) is 0 Å². The second kappa shape index (κ2) is 3.85. The van der Waals surface area contributed by atoms with Gasteiger partial charge in [-0.1, -0.05) is 11.4 Å². The Morgan fingerprint density at radius 2 is 2.33 bits per heavy atom. The summed E-state index contributed by atoms with van der Waals surface area (Å²) in [6.45, 7) is 0. The molecule has 0 aliphatic rings. The molecule has 6 heavy (non-hydrogen) atoms. The molecular weight excluding hydrogens is 122 g/mol. The quantitative estimate of drug-likeness (QED) is 0.527. The Morgan fingerprint density at radius 3 is 2.33 bits per heavy atom. The van der Waals surface area contributed by atoms with Gasteiger partial charge in [0, 0.05) is 7.11 Å². The van der Waals surface area contributed by atoms with Crippen LogP contribution in [-0.4, -0.2) is 13.4 Å². The molecule has 0 saturated carbocycles. The number of hydrogen-bond acceptors (Lipinski definition) is 2. The fraction of sp³-hybridized carbons (Fsp3) is 1.00. The molecule has 0 N–H and O–H groups in total. The van der Waals surface area contributed by atoms with Crippen molar-refractivity contribution in [3.05, 3.63) is 0 Å². The van der Waals surface area contributed by atoms with E-state index in [2.05, 4.69) is 4.52 Å². The maximum Gasteiger partial charge on any atom is 0.283 e. The van der Waals surface area contributed by atoms with Gasteiger partial charge in [-0.2, -0.15) is 4.20 Å². The molecule has 0 saturated heterocycles. The summed E-state index contributed by atoms with van der Waals surface area (Å²) in [5, 5.41) is 0. The van der Waals surface area contributed by atoms with Crippen LogP contribution in [0, 0.1) is 0 Å². The summed E-state index contributed by atoms with van der Waals surface area (Å²) in [4.78, 5) is 0. The van der Waals surface area contributed by atoms with Gasteiger partial charge in [-0.3, -0.25) is 0 Å². The van der Waals surface area contributed by atoms with Gasteiger partial charge in [0.1, 0.15) is 0 Å². The Bertz CT molecular complexity index is 32.7. The summed E-state index contributed by atoms with van der Waals surface area (Å²) in [7, 11) is -0.296. The van der Waals surface area contributed by atoms with Crippen LogP contribution in [-0.2, 0) is 4.52 Å². The Labute approximate surface area is 42.0 Å². The van der Waals surface area contributed by atoms with E-state index >= 15 is 0 Å². The molecule has 0 aromatic rings. The van der Waals surface area contributed by atoms with Gasteiger partial charge in [0.25, 0.3) is 7.66 Å². The first-order valence-electron chi connectivity index (χ1n) is 1.35. The highest BCUT2D eigenvalue weighted by atomic mass is 32.7. The lowest BCUT2D eigenvalue weighted by molar-refractivity contribution is 0.445. The van der Waals surface area contributed by atoms with Crippen molar-refractivity contribution < 1.29 is 8.72 Å². The number of hydrogen-bond donors (Lipinski definition) is 0. The summed E-state index contributed by atoms with van der Waals surface area (Å²) in [6.07, 6.45) is 1.68. The van der Waals surface area contributed by atoms with Crippen LogP contribution in [0.1, 0.15) is 0 Å². The van der Waals surface area contributed by atoms with E-state index in [1.165, 1.54) is 7.11 Å². The van der Waals surface area contributed by atoms with E-state index in [0.29, 0.717) is 0 Å². The molecule has 0 amide bonds. The Hall–Kier alpha value is 0.670. The highest BCUT2D eigenvalue weighted by Gasteiger charge is 1.97. The third-order valence-electron chi connectivity index (χ3n) is 0.287. The minimum Gasteiger partial charge on any atom is -0.326 e. The lowest BCUT2D eigenvalue weighted by atomic mass is 11.8. The van der Waals surface area contributed by atoms with E-state index in [-0.39, 0.29) is 0 Å². The van der Waals surface area contributed by atoms with Crippen molar-refractivity contribution in [2.75, 3.05) is 13.4 Å². The van der Waals surface area contributed by atoms with Crippen molar-refractivity contribution in [3.63, 3.8) is 0 Å². The number of rotatable bonds is 2. The molecule has 0 rings (SSSR count). The predicted octanol–water partition coefficient (Wildman–Crippen LogP) is 2.19. The van der Waals surface area contributed by atoms with Gasteiger partial charge in [-0.15, -0.1) is 0 Å². The Morgan fingerprint density at radius 1 is 1.83 bits per heavy atom. The van der Waals surface area contributed by atoms with Crippen LogP contribution in [0.15, 0.2) is 0 Å². The third-order valence-corrected chi connectivity index (χ3v) is 2.17. The van der Waals surface area contributed by atoms with E-state index in [4.69, 9.17) is 0 Å². The van der Waals surface area contributed by atoms with Crippen LogP contribution in [0.4, 0.5) is 4.20 Å². The van der Waals surface area contributed by atoms with Crippen LogP contribution in [0.2, 0.25) is 0 Å². The fourth-order valence-corrected chi connectivity index (χ4v) is 0.671. The first-order chi connectivity index (χ1) is 2.81. The van der Waals surface area contributed by atoms with Gasteiger partial charge < -0.3 is 4.52 Å². The Balaban J connectivity index is 2.75. The molecule has 0 aliphatic heterocycles. The molecule has 0 aliphatic carbocycles. The molecule has 4 heteroatoms. The molecule has 38 valence electrons. The second-order valence-corrected chi connectivity index (χ2v) is 3.69. The fourth-order valence-electron chi connectivity index (χ4n) is 0.0745. The summed E-state index contributed by atoms with van der Waals surface area (Å²) in [5.41, 5.74) is 0. The average Bonchev–Trinajstić information content (AvgIpc) is 1.65. The SMILES string of the molecule is COP(F)SC. The summed E-state index contributed by atoms with van der Waals surface area (Å²) in [6, 6.07) is 0. The molecule has 1 atom stereocenters. The van der Waals surface area contributed by atoms with Gasteiger partial charge in [0.15, 0.2) is 0 Å². The van der Waals surface area contributed by atoms with Gasteiger partial charge in [-0.25, -0.2) is 0 Å². The van der Waals surface area contributed by atoms with E-state index in [1.54, 1.807) is 6.26 Å². The minimum atomic E-state index is -1.66. The molecule has 0 aromatic heterocycles. The van der Waals surface area contributed by atoms with Gasteiger partial charge in [0.05, 0.1) is 0 Å². The van der Waals surface area contributed by atoms with Crippen LogP contribution >= 0.6 is 19.0 Å². The van der Waals surface area contributed by atoms with E-state index < -0.39 is 7.66 Å². The van der Waals surface area contributed by atoms with Gasteiger partial charge in [-0.05, 0) is 6.26 Å². The monoisotopic (exact) mass is 128 g/mol. The number of halogens is 1. The average molecular weight is 128 g/mol. The molecule has 0 aromatic carbocycles. The van der Waals surface area contributed by atoms with E-state index in [1.807, 2.05) is 0 Å². The highest BCUT2D eigenvalue weighted by molar-refractivity contribution is 8.52. The van der Waals surface area contributed by atoms with Gasteiger partial charge >= 0.3 is 0 Å².